The van der Waals surface area contributed by atoms with E-state index >= 15 is 0 Å². The van der Waals surface area contributed by atoms with E-state index in [4.69, 9.17) is 0 Å². The van der Waals surface area contributed by atoms with Gasteiger partial charge in [-0.05, 0) is 24.3 Å². The number of amides is 1. The number of hydrogen-bond acceptors (Lipinski definition) is 3. The topological polar surface area (TPSA) is 55.4 Å². The zero-order valence-electron chi connectivity index (χ0n) is 7.94. The first-order chi connectivity index (χ1) is 6.63. The highest BCUT2D eigenvalue weighted by atomic mass is 32.2. The third-order valence-electron chi connectivity index (χ3n) is 1.52. The quantitative estimate of drug-likeness (QED) is 0.823. The van der Waals surface area contributed by atoms with Crippen LogP contribution >= 0.6 is 0 Å². The molecule has 0 aliphatic heterocycles. The van der Waals surface area contributed by atoms with Crippen LogP contribution in [0.3, 0.4) is 0 Å². The molecule has 0 aromatic heterocycles. The van der Waals surface area contributed by atoms with Crippen molar-refractivity contribution in [3.63, 3.8) is 0 Å². The lowest BCUT2D eigenvalue weighted by Crippen LogP contribution is -2.05. The van der Waals surface area contributed by atoms with E-state index in [-0.39, 0.29) is 5.91 Å². The first-order valence-electron chi connectivity index (χ1n) is 3.97. The molecule has 1 atom stereocenters. The Morgan fingerprint density at radius 1 is 1.36 bits per heavy atom. The molecule has 1 rings (SSSR count). The highest BCUT2D eigenvalue weighted by molar-refractivity contribution is 7.80. The number of rotatable bonds is 3. The summed E-state index contributed by atoms with van der Waals surface area (Å²) in [4.78, 5) is 11.3. The van der Waals surface area contributed by atoms with Crippen LogP contribution < -0.4 is 5.32 Å². The monoisotopic (exact) mass is 213 g/mol. The van der Waals surface area contributed by atoms with Crippen LogP contribution in [0.5, 0.6) is 0 Å². The second-order valence-electron chi connectivity index (χ2n) is 2.61. The summed E-state index contributed by atoms with van der Waals surface area (Å²) < 4.78 is 15.8. The molecule has 0 heterocycles. The van der Waals surface area contributed by atoms with E-state index in [1.54, 1.807) is 24.3 Å². The second-order valence-corrected chi connectivity index (χ2v) is 3.88. The van der Waals surface area contributed by atoms with E-state index in [1.807, 2.05) is 0 Å². The van der Waals surface area contributed by atoms with E-state index in [9.17, 15) is 9.00 Å². The van der Waals surface area contributed by atoms with Crippen LogP contribution in [-0.2, 0) is 20.1 Å². The van der Waals surface area contributed by atoms with Gasteiger partial charge in [-0.3, -0.25) is 8.98 Å². The maximum absolute atomic E-state index is 11.1. The lowest BCUT2D eigenvalue weighted by molar-refractivity contribution is -0.114. The maximum atomic E-state index is 11.1. The van der Waals surface area contributed by atoms with Gasteiger partial charge in [0.1, 0.15) is 0 Å². The van der Waals surface area contributed by atoms with E-state index in [0.29, 0.717) is 10.6 Å². The summed E-state index contributed by atoms with van der Waals surface area (Å²) >= 11 is -1.42. The molecule has 76 valence electrons. The molecule has 4 nitrogen and oxygen atoms in total. The lowest BCUT2D eigenvalue weighted by atomic mass is 10.3. The summed E-state index contributed by atoms with van der Waals surface area (Å²) in [6.45, 7) is 1.43. The van der Waals surface area contributed by atoms with Crippen LogP contribution in [0, 0.1) is 0 Å². The van der Waals surface area contributed by atoms with Crippen molar-refractivity contribution in [1.29, 1.82) is 0 Å². The Balaban J connectivity index is 2.78. The highest BCUT2D eigenvalue weighted by Crippen LogP contribution is 2.12. The molecule has 0 saturated heterocycles. The number of hydrogen-bond donors (Lipinski definition) is 1. The molecule has 5 heteroatoms. The summed E-state index contributed by atoms with van der Waals surface area (Å²) in [5.41, 5.74) is 0.675. The fraction of sp³-hybridized carbons (Fsp3) is 0.222. The third-order valence-corrected chi connectivity index (χ3v) is 2.48. The fourth-order valence-corrected chi connectivity index (χ4v) is 1.50. The van der Waals surface area contributed by atoms with Gasteiger partial charge in [-0.2, -0.15) is 0 Å². The number of carbonyl (C=O) groups is 1. The number of nitrogens with one attached hydrogen (secondary N) is 1. The van der Waals surface area contributed by atoms with E-state index in [1.165, 1.54) is 14.0 Å². The molecule has 1 aromatic rings. The smallest absolute Gasteiger partial charge is 0.221 e. The van der Waals surface area contributed by atoms with Gasteiger partial charge in [0.05, 0.1) is 12.0 Å². The molecule has 1 amide bonds. The molecule has 0 bridgehead atoms. The molecule has 1 N–H and O–H groups in total. The fourth-order valence-electron chi connectivity index (χ4n) is 0.949. The van der Waals surface area contributed by atoms with Crippen LogP contribution in [-0.4, -0.2) is 17.2 Å². The van der Waals surface area contributed by atoms with Crippen molar-refractivity contribution in [1.82, 2.24) is 0 Å². The van der Waals surface area contributed by atoms with E-state index in [2.05, 4.69) is 9.50 Å². The summed E-state index contributed by atoms with van der Waals surface area (Å²) in [5, 5.41) is 2.61. The Hall–Kier alpha value is -1.20. The lowest BCUT2D eigenvalue weighted by Gasteiger charge is -2.02. The van der Waals surface area contributed by atoms with Crippen LogP contribution in [0.15, 0.2) is 29.2 Å². The van der Waals surface area contributed by atoms with Crippen LogP contribution in [0.2, 0.25) is 0 Å². The van der Waals surface area contributed by atoms with E-state index < -0.39 is 11.1 Å². The minimum absolute atomic E-state index is 0.134. The largest absolute Gasteiger partial charge is 0.326 e. The Bertz CT molecular complexity index is 348. The van der Waals surface area contributed by atoms with Gasteiger partial charge in [-0.1, -0.05) is 0 Å². The van der Waals surface area contributed by atoms with Crippen molar-refractivity contribution in [2.24, 2.45) is 0 Å². The summed E-state index contributed by atoms with van der Waals surface area (Å²) in [6, 6.07) is 6.64. The average molecular weight is 213 g/mol. The van der Waals surface area contributed by atoms with Gasteiger partial charge in [-0.15, -0.1) is 0 Å². The third kappa shape index (κ3) is 2.93. The molecule has 14 heavy (non-hydrogen) atoms. The SMILES string of the molecule is COS(=O)c1ccc(NC(C)=O)cc1. The minimum Gasteiger partial charge on any atom is -0.326 e. The summed E-state index contributed by atoms with van der Waals surface area (Å²) in [6.07, 6.45) is 0. The van der Waals surface area contributed by atoms with Crippen LogP contribution in [0.1, 0.15) is 6.92 Å². The molecule has 1 unspecified atom stereocenters. The minimum atomic E-state index is -1.42. The zero-order chi connectivity index (χ0) is 10.6. The molecule has 0 aliphatic carbocycles. The molecule has 0 spiro atoms. The summed E-state index contributed by atoms with van der Waals surface area (Å²) in [7, 11) is 1.37. The molecule has 0 fully saturated rings. The molecule has 1 aromatic carbocycles. The Labute approximate surface area is 84.9 Å². The van der Waals surface area contributed by atoms with Gasteiger partial charge in [0.15, 0.2) is 11.1 Å². The molecule has 0 radical (unpaired) electrons. The number of benzene rings is 1. The molecular weight excluding hydrogens is 202 g/mol. The Morgan fingerprint density at radius 2 is 1.93 bits per heavy atom. The van der Waals surface area contributed by atoms with Crippen molar-refractivity contribution in [2.45, 2.75) is 11.8 Å². The van der Waals surface area contributed by atoms with Gasteiger partial charge in [-0.25, -0.2) is 4.21 Å². The number of anilines is 1. The van der Waals surface area contributed by atoms with Crippen molar-refractivity contribution in [3.8, 4) is 0 Å². The molecule has 0 saturated carbocycles. The van der Waals surface area contributed by atoms with Crippen molar-refractivity contribution in [3.05, 3.63) is 24.3 Å². The molecule has 0 aliphatic rings. The van der Waals surface area contributed by atoms with Crippen LogP contribution in [0.25, 0.3) is 0 Å². The predicted octanol–water partition coefficient (Wildman–Crippen LogP) is 1.31. The van der Waals surface area contributed by atoms with Crippen molar-refractivity contribution >= 4 is 22.7 Å². The van der Waals surface area contributed by atoms with E-state index in [0.717, 1.165) is 0 Å². The highest BCUT2D eigenvalue weighted by Gasteiger charge is 2.02. The zero-order valence-corrected chi connectivity index (χ0v) is 8.76. The standard InChI is InChI=1S/C9H11NO3S/c1-7(11)10-8-3-5-9(6-4-8)14(12)13-2/h3-6H,1-2H3,(H,10,11). The predicted molar refractivity (Wildman–Crippen MR) is 54.2 cm³/mol. The Kier molecular flexibility index (Phi) is 3.79. The Morgan fingerprint density at radius 3 is 2.36 bits per heavy atom. The van der Waals surface area contributed by atoms with Crippen molar-refractivity contribution in [2.75, 3.05) is 12.4 Å². The average Bonchev–Trinajstić information content (AvgIpc) is 2.17. The normalized spacial score (nSPS) is 12.1. The van der Waals surface area contributed by atoms with Gasteiger partial charge < -0.3 is 5.32 Å². The molecular formula is C9H11NO3S. The maximum Gasteiger partial charge on any atom is 0.221 e. The second kappa shape index (κ2) is 4.88. The number of carbonyl (C=O) groups excluding carboxylic acids is 1. The first kappa shape index (κ1) is 10.9. The first-order valence-corrected chi connectivity index (χ1v) is 5.05. The van der Waals surface area contributed by atoms with Gasteiger partial charge >= 0.3 is 0 Å². The van der Waals surface area contributed by atoms with Crippen molar-refractivity contribution < 1.29 is 13.2 Å². The van der Waals surface area contributed by atoms with Gasteiger partial charge in [0.2, 0.25) is 5.91 Å². The summed E-state index contributed by atoms with van der Waals surface area (Å²) in [5.74, 6) is -0.134. The van der Waals surface area contributed by atoms with Gasteiger partial charge in [0, 0.05) is 12.6 Å². The van der Waals surface area contributed by atoms with Gasteiger partial charge in [0.25, 0.3) is 0 Å². The van der Waals surface area contributed by atoms with Crippen LogP contribution in [0.4, 0.5) is 5.69 Å².